The number of carboxylic acid groups (broad SMARTS) is 1. The third-order valence-electron chi connectivity index (χ3n) is 1.67. The van der Waals surface area contributed by atoms with Crippen LogP contribution >= 0.6 is 0 Å². The van der Waals surface area contributed by atoms with Crippen LogP contribution in [0.2, 0.25) is 0 Å². The van der Waals surface area contributed by atoms with Crippen molar-refractivity contribution >= 4 is 5.97 Å². The molecule has 0 unspecified atom stereocenters. The number of nitrogens with two attached hydrogens (primary N) is 1. The second kappa shape index (κ2) is 4.91. The summed E-state index contributed by atoms with van der Waals surface area (Å²) in [6.07, 6.45) is 3.33. The number of carboxylic acids is 1. The highest BCUT2D eigenvalue weighted by atomic mass is 16.4. The van der Waals surface area contributed by atoms with E-state index < -0.39 is 12.0 Å². The lowest BCUT2D eigenvalue weighted by Crippen LogP contribution is -2.36. The lowest BCUT2D eigenvalue weighted by atomic mass is 9.96. The normalized spacial score (nSPS) is 15.5. The maximum absolute atomic E-state index is 10.4. The Morgan fingerprint density at radius 1 is 1.82 bits per heavy atom. The third-order valence-corrected chi connectivity index (χ3v) is 1.67. The van der Waals surface area contributed by atoms with Crippen LogP contribution in [0.1, 0.15) is 19.8 Å². The summed E-state index contributed by atoms with van der Waals surface area (Å²) >= 11 is 0. The van der Waals surface area contributed by atoms with Gasteiger partial charge in [-0.15, -0.1) is 6.58 Å². The lowest BCUT2D eigenvalue weighted by Gasteiger charge is -2.14. The molecule has 3 nitrogen and oxygen atoms in total. The predicted molar refractivity (Wildman–Crippen MR) is 44.2 cm³/mol. The SMILES string of the molecule is C=C[C@@H](CCC)[C@H](N)C(=O)O. The molecular formula is C8H15NO2. The summed E-state index contributed by atoms with van der Waals surface area (Å²) in [6.45, 7) is 5.53. The van der Waals surface area contributed by atoms with Crippen molar-refractivity contribution in [1.29, 1.82) is 0 Å². The Morgan fingerprint density at radius 3 is 2.64 bits per heavy atom. The van der Waals surface area contributed by atoms with Crippen molar-refractivity contribution in [2.45, 2.75) is 25.8 Å². The van der Waals surface area contributed by atoms with Crippen LogP contribution in [0, 0.1) is 5.92 Å². The van der Waals surface area contributed by atoms with Gasteiger partial charge in [0.25, 0.3) is 0 Å². The molecule has 2 atom stereocenters. The molecule has 3 N–H and O–H groups in total. The van der Waals surface area contributed by atoms with Gasteiger partial charge in [0, 0.05) is 5.92 Å². The van der Waals surface area contributed by atoms with E-state index in [9.17, 15) is 4.79 Å². The molecule has 3 heteroatoms. The fraction of sp³-hybridized carbons (Fsp3) is 0.625. The Bertz CT molecular complexity index is 145. The van der Waals surface area contributed by atoms with Crippen molar-refractivity contribution < 1.29 is 9.90 Å². The van der Waals surface area contributed by atoms with Crippen LogP contribution in [0.5, 0.6) is 0 Å². The van der Waals surface area contributed by atoms with Gasteiger partial charge in [0.15, 0.2) is 0 Å². The van der Waals surface area contributed by atoms with Gasteiger partial charge in [-0.05, 0) is 6.42 Å². The average molecular weight is 157 g/mol. The van der Waals surface area contributed by atoms with Crippen molar-refractivity contribution in [1.82, 2.24) is 0 Å². The maximum Gasteiger partial charge on any atom is 0.321 e. The summed E-state index contributed by atoms with van der Waals surface area (Å²) in [4.78, 5) is 10.4. The molecule has 0 bridgehead atoms. The van der Waals surface area contributed by atoms with Crippen molar-refractivity contribution in [3.05, 3.63) is 12.7 Å². The molecular weight excluding hydrogens is 142 g/mol. The van der Waals surface area contributed by atoms with Gasteiger partial charge in [-0.1, -0.05) is 19.4 Å². The summed E-state index contributed by atoms with van der Waals surface area (Å²) in [5, 5.41) is 8.54. The topological polar surface area (TPSA) is 63.3 Å². The van der Waals surface area contributed by atoms with E-state index in [2.05, 4.69) is 6.58 Å². The molecule has 0 saturated carbocycles. The van der Waals surface area contributed by atoms with Gasteiger partial charge in [-0.25, -0.2) is 0 Å². The molecule has 0 spiro atoms. The zero-order chi connectivity index (χ0) is 8.85. The standard InChI is InChI=1S/C8H15NO2/c1-3-5-6(4-2)7(9)8(10)11/h4,6-7H,2-3,5,9H2,1H3,(H,10,11)/t6-,7-/m0/s1. The molecule has 0 aliphatic heterocycles. The van der Waals surface area contributed by atoms with Gasteiger partial charge >= 0.3 is 5.97 Å². The summed E-state index contributed by atoms with van der Waals surface area (Å²) < 4.78 is 0. The van der Waals surface area contributed by atoms with Gasteiger partial charge in [0.05, 0.1) is 0 Å². The molecule has 0 saturated heterocycles. The summed E-state index contributed by atoms with van der Waals surface area (Å²) in [5.41, 5.74) is 5.39. The molecule has 0 heterocycles. The minimum Gasteiger partial charge on any atom is -0.480 e. The molecule has 0 aromatic carbocycles. The van der Waals surface area contributed by atoms with E-state index in [1.165, 1.54) is 0 Å². The summed E-state index contributed by atoms with van der Waals surface area (Å²) in [6, 6.07) is -0.799. The van der Waals surface area contributed by atoms with Crippen LogP contribution in [-0.2, 0) is 4.79 Å². The van der Waals surface area contributed by atoms with Gasteiger partial charge in [-0.2, -0.15) is 0 Å². The Labute approximate surface area is 66.9 Å². The number of hydrogen-bond acceptors (Lipinski definition) is 2. The van der Waals surface area contributed by atoms with Crippen LogP contribution in [0.25, 0.3) is 0 Å². The third kappa shape index (κ3) is 3.18. The second-order valence-corrected chi connectivity index (χ2v) is 2.55. The first kappa shape index (κ1) is 10.2. The van der Waals surface area contributed by atoms with Crippen LogP contribution < -0.4 is 5.73 Å². The molecule has 0 aliphatic carbocycles. The van der Waals surface area contributed by atoms with Gasteiger partial charge in [-0.3, -0.25) is 4.79 Å². The number of hydrogen-bond donors (Lipinski definition) is 2. The highest BCUT2D eigenvalue weighted by molar-refractivity contribution is 5.73. The number of aliphatic carboxylic acids is 1. The first-order chi connectivity index (χ1) is 5.13. The Morgan fingerprint density at radius 2 is 2.36 bits per heavy atom. The van der Waals surface area contributed by atoms with Crippen LogP contribution in [0.4, 0.5) is 0 Å². The Balaban J connectivity index is 4.01. The van der Waals surface area contributed by atoms with Crippen LogP contribution in [0.3, 0.4) is 0 Å². The van der Waals surface area contributed by atoms with Crippen molar-refractivity contribution in [2.24, 2.45) is 11.7 Å². The predicted octanol–water partition coefficient (Wildman–Crippen LogP) is 1.00. The first-order valence-electron chi connectivity index (χ1n) is 3.74. The van der Waals surface area contributed by atoms with Crippen molar-refractivity contribution in [2.75, 3.05) is 0 Å². The minimum absolute atomic E-state index is 0.0995. The second-order valence-electron chi connectivity index (χ2n) is 2.55. The maximum atomic E-state index is 10.4. The summed E-state index contributed by atoms with van der Waals surface area (Å²) in [7, 11) is 0. The van der Waals surface area contributed by atoms with Gasteiger partial charge < -0.3 is 10.8 Å². The molecule has 0 rings (SSSR count). The van der Waals surface area contributed by atoms with Crippen LogP contribution in [-0.4, -0.2) is 17.1 Å². The Hall–Kier alpha value is -0.830. The molecule has 64 valence electrons. The van der Waals surface area contributed by atoms with E-state index in [1.54, 1.807) is 6.08 Å². The summed E-state index contributed by atoms with van der Waals surface area (Å²) in [5.74, 6) is -1.05. The van der Waals surface area contributed by atoms with E-state index in [4.69, 9.17) is 10.8 Å². The van der Waals surface area contributed by atoms with Crippen molar-refractivity contribution in [3.63, 3.8) is 0 Å². The fourth-order valence-corrected chi connectivity index (χ4v) is 0.960. The minimum atomic E-state index is -0.955. The Kier molecular flexibility index (Phi) is 4.54. The zero-order valence-electron chi connectivity index (χ0n) is 6.79. The van der Waals surface area contributed by atoms with Gasteiger partial charge in [0.2, 0.25) is 0 Å². The quantitative estimate of drug-likeness (QED) is 0.585. The van der Waals surface area contributed by atoms with E-state index >= 15 is 0 Å². The monoisotopic (exact) mass is 157 g/mol. The fourth-order valence-electron chi connectivity index (χ4n) is 0.960. The smallest absolute Gasteiger partial charge is 0.321 e. The van der Waals surface area contributed by atoms with E-state index in [-0.39, 0.29) is 5.92 Å². The first-order valence-corrected chi connectivity index (χ1v) is 3.74. The highest BCUT2D eigenvalue weighted by Gasteiger charge is 2.19. The average Bonchev–Trinajstić information content (AvgIpc) is 1.98. The molecule has 11 heavy (non-hydrogen) atoms. The zero-order valence-corrected chi connectivity index (χ0v) is 6.79. The molecule has 0 aliphatic rings. The lowest BCUT2D eigenvalue weighted by molar-refractivity contribution is -0.139. The van der Waals surface area contributed by atoms with E-state index in [1.807, 2.05) is 6.92 Å². The van der Waals surface area contributed by atoms with E-state index in [0.29, 0.717) is 0 Å². The van der Waals surface area contributed by atoms with Gasteiger partial charge in [0.1, 0.15) is 6.04 Å². The van der Waals surface area contributed by atoms with Crippen molar-refractivity contribution in [3.8, 4) is 0 Å². The highest BCUT2D eigenvalue weighted by Crippen LogP contribution is 2.10. The van der Waals surface area contributed by atoms with Crippen LogP contribution in [0.15, 0.2) is 12.7 Å². The number of rotatable bonds is 5. The largest absolute Gasteiger partial charge is 0.480 e. The number of carbonyl (C=O) groups is 1. The molecule has 0 fully saturated rings. The molecule has 0 radical (unpaired) electrons. The molecule has 0 aromatic heterocycles. The molecule has 0 amide bonds. The van der Waals surface area contributed by atoms with E-state index in [0.717, 1.165) is 12.8 Å². The molecule has 0 aromatic rings.